The molecular formula is C14H22N2O3. The first-order valence-electron chi connectivity index (χ1n) is 6.45. The lowest BCUT2D eigenvalue weighted by molar-refractivity contribution is -0.114. The number of benzene rings is 1. The number of amides is 1. The molecule has 1 atom stereocenters. The number of hydrogen-bond donors (Lipinski definition) is 3. The normalized spacial score (nSPS) is 12.5. The van der Waals surface area contributed by atoms with Gasteiger partial charge in [0.25, 0.3) is 0 Å². The van der Waals surface area contributed by atoms with Gasteiger partial charge in [-0.2, -0.15) is 0 Å². The van der Waals surface area contributed by atoms with Gasteiger partial charge in [0.15, 0.2) is 0 Å². The zero-order chi connectivity index (χ0) is 14.3. The molecule has 0 saturated heterocycles. The van der Waals surface area contributed by atoms with Crippen molar-refractivity contribution in [2.45, 2.75) is 20.0 Å². The maximum atomic E-state index is 11.0. The largest absolute Gasteiger partial charge is 0.395 e. The molecule has 0 aliphatic rings. The Balaban J connectivity index is 2.70. The second-order valence-electron chi connectivity index (χ2n) is 4.44. The molecule has 1 rings (SSSR count). The summed E-state index contributed by atoms with van der Waals surface area (Å²) in [4.78, 5) is 13.0. The second kappa shape index (κ2) is 7.89. The first kappa shape index (κ1) is 15.6. The van der Waals surface area contributed by atoms with E-state index in [1.165, 1.54) is 6.92 Å². The minimum absolute atomic E-state index is 0.0759. The van der Waals surface area contributed by atoms with Crippen molar-refractivity contribution in [3.63, 3.8) is 0 Å². The molecule has 1 unspecified atom stereocenters. The summed E-state index contributed by atoms with van der Waals surface area (Å²) in [6, 6.07) is 7.16. The molecule has 0 aliphatic carbocycles. The lowest BCUT2D eigenvalue weighted by Crippen LogP contribution is -2.31. The number of anilines is 1. The van der Waals surface area contributed by atoms with E-state index < -0.39 is 6.10 Å². The molecule has 0 saturated carbocycles. The summed E-state index contributed by atoms with van der Waals surface area (Å²) in [6.07, 6.45) is -0.639. The number of nitrogens with zero attached hydrogens (tertiary/aromatic N) is 1. The van der Waals surface area contributed by atoms with Gasteiger partial charge in [-0.3, -0.25) is 9.69 Å². The SMILES string of the molecule is CCN(CCO)CC(O)c1cccc(NC(C)=O)c1. The van der Waals surface area contributed by atoms with Crippen LogP contribution in [-0.4, -0.2) is 47.3 Å². The zero-order valence-electron chi connectivity index (χ0n) is 11.5. The van der Waals surface area contributed by atoms with Gasteiger partial charge in [0, 0.05) is 25.7 Å². The second-order valence-corrected chi connectivity index (χ2v) is 4.44. The molecule has 0 fully saturated rings. The maximum absolute atomic E-state index is 11.0. The van der Waals surface area contributed by atoms with Crippen molar-refractivity contribution in [3.8, 4) is 0 Å². The number of likely N-dealkylation sites (N-methyl/N-ethyl adjacent to an activating group) is 1. The lowest BCUT2D eigenvalue weighted by atomic mass is 10.1. The van der Waals surface area contributed by atoms with Crippen molar-refractivity contribution in [2.24, 2.45) is 0 Å². The van der Waals surface area contributed by atoms with E-state index in [0.29, 0.717) is 18.8 Å². The van der Waals surface area contributed by atoms with Gasteiger partial charge in [-0.1, -0.05) is 19.1 Å². The van der Waals surface area contributed by atoms with Crippen LogP contribution in [0.5, 0.6) is 0 Å². The number of aliphatic hydroxyl groups excluding tert-OH is 2. The van der Waals surface area contributed by atoms with Crippen LogP contribution in [0.2, 0.25) is 0 Å². The molecule has 1 aromatic rings. The van der Waals surface area contributed by atoms with Gasteiger partial charge in [0.2, 0.25) is 5.91 Å². The Morgan fingerprint density at radius 1 is 1.47 bits per heavy atom. The quantitative estimate of drug-likeness (QED) is 0.688. The fourth-order valence-electron chi connectivity index (χ4n) is 1.90. The maximum Gasteiger partial charge on any atom is 0.221 e. The summed E-state index contributed by atoms with van der Waals surface area (Å²) in [5.74, 6) is -0.137. The summed E-state index contributed by atoms with van der Waals surface area (Å²) >= 11 is 0. The van der Waals surface area contributed by atoms with Crippen LogP contribution in [0.25, 0.3) is 0 Å². The number of hydrogen-bond acceptors (Lipinski definition) is 4. The van der Waals surface area contributed by atoms with Crippen LogP contribution in [0.1, 0.15) is 25.5 Å². The van der Waals surface area contributed by atoms with Crippen LogP contribution in [0.3, 0.4) is 0 Å². The topological polar surface area (TPSA) is 72.8 Å². The van der Waals surface area contributed by atoms with Crippen LogP contribution < -0.4 is 5.32 Å². The monoisotopic (exact) mass is 266 g/mol. The molecule has 0 spiro atoms. The Hall–Kier alpha value is -1.43. The van der Waals surface area contributed by atoms with Gasteiger partial charge in [0.1, 0.15) is 0 Å². The third-order valence-corrected chi connectivity index (χ3v) is 2.89. The third-order valence-electron chi connectivity index (χ3n) is 2.89. The van der Waals surface area contributed by atoms with Gasteiger partial charge < -0.3 is 15.5 Å². The lowest BCUT2D eigenvalue weighted by Gasteiger charge is -2.23. The molecule has 3 N–H and O–H groups in total. The Morgan fingerprint density at radius 3 is 2.79 bits per heavy atom. The highest BCUT2D eigenvalue weighted by atomic mass is 16.3. The van der Waals surface area contributed by atoms with Crippen LogP contribution in [0.15, 0.2) is 24.3 Å². The van der Waals surface area contributed by atoms with Crippen molar-refractivity contribution in [1.82, 2.24) is 4.90 Å². The molecule has 1 aromatic carbocycles. The zero-order valence-corrected chi connectivity index (χ0v) is 11.5. The van der Waals surface area contributed by atoms with Crippen LogP contribution in [-0.2, 0) is 4.79 Å². The first-order valence-corrected chi connectivity index (χ1v) is 6.45. The summed E-state index contributed by atoms with van der Waals surface area (Å²) in [5.41, 5.74) is 1.43. The molecule has 19 heavy (non-hydrogen) atoms. The van der Waals surface area contributed by atoms with E-state index in [2.05, 4.69) is 5.32 Å². The fraction of sp³-hybridized carbons (Fsp3) is 0.500. The minimum Gasteiger partial charge on any atom is -0.395 e. The predicted octanol–water partition coefficient (Wildman–Crippen LogP) is 0.993. The molecule has 106 valence electrons. The molecule has 0 radical (unpaired) electrons. The van der Waals surface area contributed by atoms with Crippen molar-refractivity contribution in [3.05, 3.63) is 29.8 Å². The average molecular weight is 266 g/mol. The molecule has 0 bridgehead atoms. The predicted molar refractivity (Wildman–Crippen MR) is 74.9 cm³/mol. The molecule has 0 heterocycles. The van der Waals surface area contributed by atoms with Crippen LogP contribution in [0.4, 0.5) is 5.69 Å². The van der Waals surface area contributed by atoms with Gasteiger partial charge in [-0.15, -0.1) is 0 Å². The Labute approximate surface area is 113 Å². The van der Waals surface area contributed by atoms with E-state index in [9.17, 15) is 9.90 Å². The van der Waals surface area contributed by atoms with Crippen molar-refractivity contribution >= 4 is 11.6 Å². The highest BCUT2D eigenvalue weighted by molar-refractivity contribution is 5.88. The molecule has 0 aromatic heterocycles. The van der Waals surface area contributed by atoms with Gasteiger partial charge >= 0.3 is 0 Å². The molecule has 5 nitrogen and oxygen atoms in total. The van der Waals surface area contributed by atoms with E-state index in [4.69, 9.17) is 5.11 Å². The summed E-state index contributed by atoms with van der Waals surface area (Å²) in [7, 11) is 0. The van der Waals surface area contributed by atoms with Crippen LogP contribution >= 0.6 is 0 Å². The minimum atomic E-state index is -0.639. The third kappa shape index (κ3) is 5.38. The van der Waals surface area contributed by atoms with E-state index >= 15 is 0 Å². The molecular weight excluding hydrogens is 244 g/mol. The Bertz CT molecular complexity index is 409. The van der Waals surface area contributed by atoms with Crippen molar-refractivity contribution in [1.29, 1.82) is 0 Å². The van der Waals surface area contributed by atoms with Crippen molar-refractivity contribution < 1.29 is 15.0 Å². The smallest absolute Gasteiger partial charge is 0.221 e. The van der Waals surface area contributed by atoms with Gasteiger partial charge in [-0.05, 0) is 24.2 Å². The van der Waals surface area contributed by atoms with Gasteiger partial charge in [0.05, 0.1) is 12.7 Å². The van der Waals surface area contributed by atoms with Crippen molar-refractivity contribution in [2.75, 3.05) is 31.6 Å². The van der Waals surface area contributed by atoms with E-state index in [1.54, 1.807) is 18.2 Å². The summed E-state index contributed by atoms with van der Waals surface area (Å²) < 4.78 is 0. The average Bonchev–Trinajstić information content (AvgIpc) is 2.37. The van der Waals surface area contributed by atoms with E-state index in [0.717, 1.165) is 12.1 Å². The molecule has 0 aliphatic heterocycles. The Kier molecular flexibility index (Phi) is 6.49. The Morgan fingerprint density at radius 2 is 2.21 bits per heavy atom. The van der Waals surface area contributed by atoms with E-state index in [-0.39, 0.29) is 12.5 Å². The first-order chi connectivity index (χ1) is 9.06. The number of aliphatic hydroxyl groups is 2. The highest BCUT2D eigenvalue weighted by Crippen LogP contribution is 2.18. The highest BCUT2D eigenvalue weighted by Gasteiger charge is 2.12. The number of carbonyl (C=O) groups excluding carboxylic acids is 1. The summed E-state index contributed by atoms with van der Waals surface area (Å²) in [6.45, 7) is 5.27. The fourth-order valence-corrected chi connectivity index (χ4v) is 1.90. The number of rotatable bonds is 7. The number of nitrogens with one attached hydrogen (secondary N) is 1. The van der Waals surface area contributed by atoms with Crippen LogP contribution in [0, 0.1) is 0 Å². The summed E-state index contributed by atoms with van der Waals surface area (Å²) in [5, 5.41) is 21.8. The van der Waals surface area contributed by atoms with Gasteiger partial charge in [-0.25, -0.2) is 0 Å². The number of carbonyl (C=O) groups is 1. The molecule has 1 amide bonds. The standard InChI is InChI=1S/C14H22N2O3/c1-3-16(7-8-17)10-14(19)12-5-4-6-13(9-12)15-11(2)18/h4-6,9,14,17,19H,3,7-8,10H2,1-2H3,(H,15,18). The van der Waals surface area contributed by atoms with E-state index in [1.807, 2.05) is 17.9 Å². The molecule has 5 heteroatoms.